The topological polar surface area (TPSA) is 44.9 Å². The highest BCUT2D eigenvalue weighted by atomic mass is 15.3. The summed E-state index contributed by atoms with van der Waals surface area (Å²) < 4.78 is 0. The van der Waals surface area contributed by atoms with Gasteiger partial charge in [-0.25, -0.2) is 0 Å². The van der Waals surface area contributed by atoms with Crippen molar-refractivity contribution in [1.29, 1.82) is 0 Å². The van der Waals surface area contributed by atoms with Crippen molar-refractivity contribution in [1.82, 2.24) is 9.80 Å². The first-order valence-corrected chi connectivity index (χ1v) is 3.40. The summed E-state index contributed by atoms with van der Waals surface area (Å²) in [6, 6.07) is 0. The first kappa shape index (κ1) is 7.34. The van der Waals surface area contributed by atoms with E-state index in [0.717, 1.165) is 25.5 Å². The maximum atomic E-state index is 5.18. The minimum atomic E-state index is 0.868. The molecule has 0 aromatic rings. The quantitative estimate of drug-likeness (QED) is 0.353. The Kier molecular flexibility index (Phi) is 2.11. The fraction of sp³-hybridized carbons (Fsp3) is 0.833. The zero-order valence-corrected chi connectivity index (χ0v) is 6.54. The number of hydrazone groups is 1. The SMILES string of the molecule is CN1CCN(C)/C(=N\N)C1. The van der Waals surface area contributed by atoms with Crippen molar-refractivity contribution < 1.29 is 0 Å². The maximum Gasteiger partial charge on any atom is 0.138 e. The van der Waals surface area contributed by atoms with E-state index >= 15 is 0 Å². The van der Waals surface area contributed by atoms with Gasteiger partial charge < -0.3 is 10.7 Å². The van der Waals surface area contributed by atoms with Crippen molar-refractivity contribution in [3.8, 4) is 0 Å². The molecule has 58 valence electrons. The van der Waals surface area contributed by atoms with Crippen LogP contribution in [0.1, 0.15) is 0 Å². The van der Waals surface area contributed by atoms with Gasteiger partial charge in [0.1, 0.15) is 5.84 Å². The number of nitrogens with two attached hydrogens (primary N) is 1. The van der Waals surface area contributed by atoms with Crippen LogP contribution >= 0.6 is 0 Å². The van der Waals surface area contributed by atoms with Gasteiger partial charge in [0.2, 0.25) is 0 Å². The first-order valence-electron chi connectivity index (χ1n) is 3.40. The molecule has 0 amide bonds. The van der Waals surface area contributed by atoms with Crippen molar-refractivity contribution in [3.63, 3.8) is 0 Å². The summed E-state index contributed by atoms with van der Waals surface area (Å²) in [6.07, 6.45) is 0. The Balaban J connectivity index is 2.54. The Morgan fingerprint density at radius 1 is 1.40 bits per heavy atom. The van der Waals surface area contributed by atoms with Gasteiger partial charge >= 0.3 is 0 Å². The average molecular weight is 142 g/mol. The van der Waals surface area contributed by atoms with Crippen LogP contribution in [0, 0.1) is 0 Å². The van der Waals surface area contributed by atoms with Gasteiger partial charge in [-0.3, -0.25) is 4.90 Å². The molecule has 0 saturated carbocycles. The molecule has 0 bridgehead atoms. The van der Waals surface area contributed by atoms with E-state index in [1.54, 1.807) is 0 Å². The van der Waals surface area contributed by atoms with E-state index in [2.05, 4.69) is 21.9 Å². The van der Waals surface area contributed by atoms with Gasteiger partial charge in [0, 0.05) is 20.1 Å². The molecule has 10 heavy (non-hydrogen) atoms. The number of hydrogen-bond donors (Lipinski definition) is 1. The minimum Gasteiger partial charge on any atom is -0.359 e. The van der Waals surface area contributed by atoms with Gasteiger partial charge in [-0.05, 0) is 7.05 Å². The smallest absolute Gasteiger partial charge is 0.138 e. The lowest BCUT2D eigenvalue weighted by atomic mass is 10.3. The van der Waals surface area contributed by atoms with E-state index in [-0.39, 0.29) is 0 Å². The summed E-state index contributed by atoms with van der Waals surface area (Å²) >= 11 is 0. The lowest BCUT2D eigenvalue weighted by Crippen LogP contribution is -2.47. The van der Waals surface area contributed by atoms with Gasteiger partial charge in [0.05, 0.1) is 6.54 Å². The van der Waals surface area contributed by atoms with Crippen molar-refractivity contribution in [2.75, 3.05) is 33.7 Å². The lowest BCUT2D eigenvalue weighted by molar-refractivity contribution is 0.288. The summed E-state index contributed by atoms with van der Waals surface area (Å²) in [5, 5.41) is 3.68. The Labute approximate surface area is 61.3 Å². The van der Waals surface area contributed by atoms with Crippen molar-refractivity contribution >= 4 is 5.84 Å². The number of likely N-dealkylation sites (N-methyl/N-ethyl adjacent to an activating group) is 2. The maximum absolute atomic E-state index is 5.18. The summed E-state index contributed by atoms with van der Waals surface area (Å²) in [7, 11) is 4.08. The predicted octanol–water partition coefficient (Wildman–Crippen LogP) is -0.864. The Morgan fingerprint density at radius 3 is 2.60 bits per heavy atom. The number of hydrogen-bond acceptors (Lipinski definition) is 3. The first-order chi connectivity index (χ1) is 4.74. The van der Waals surface area contributed by atoms with Gasteiger partial charge in [0.25, 0.3) is 0 Å². The Hall–Kier alpha value is -0.770. The van der Waals surface area contributed by atoms with E-state index in [9.17, 15) is 0 Å². The molecular formula is C6H14N4. The predicted molar refractivity (Wildman–Crippen MR) is 41.7 cm³/mol. The molecule has 1 rings (SSSR count). The molecule has 4 heteroatoms. The van der Waals surface area contributed by atoms with E-state index in [1.807, 2.05) is 7.05 Å². The van der Waals surface area contributed by atoms with Crippen LogP contribution in [0.25, 0.3) is 0 Å². The third kappa shape index (κ3) is 1.39. The molecule has 0 spiro atoms. The van der Waals surface area contributed by atoms with Crippen molar-refractivity contribution in [3.05, 3.63) is 0 Å². The van der Waals surface area contributed by atoms with Crippen LogP contribution < -0.4 is 5.84 Å². The summed E-state index contributed by atoms with van der Waals surface area (Å²) in [5.41, 5.74) is 0. The van der Waals surface area contributed by atoms with Crippen LogP contribution in [0.5, 0.6) is 0 Å². The fourth-order valence-electron chi connectivity index (χ4n) is 1.03. The summed E-state index contributed by atoms with van der Waals surface area (Å²) in [6.45, 7) is 2.98. The standard InChI is InChI=1S/C6H14N4/c1-9-3-4-10(2)6(5-9)8-7/h3-5,7H2,1-2H3/b8-6-. The second-order valence-electron chi connectivity index (χ2n) is 2.70. The molecular weight excluding hydrogens is 128 g/mol. The number of rotatable bonds is 0. The van der Waals surface area contributed by atoms with Crippen molar-refractivity contribution in [2.45, 2.75) is 0 Å². The molecule has 1 aliphatic heterocycles. The van der Waals surface area contributed by atoms with Crippen LogP contribution in [0.3, 0.4) is 0 Å². The molecule has 4 nitrogen and oxygen atoms in total. The monoisotopic (exact) mass is 142 g/mol. The second kappa shape index (κ2) is 2.88. The van der Waals surface area contributed by atoms with Crippen LogP contribution in [0.4, 0.5) is 0 Å². The zero-order valence-electron chi connectivity index (χ0n) is 6.54. The second-order valence-corrected chi connectivity index (χ2v) is 2.70. The van der Waals surface area contributed by atoms with Gasteiger partial charge in [-0.1, -0.05) is 0 Å². The fourth-order valence-corrected chi connectivity index (χ4v) is 1.03. The van der Waals surface area contributed by atoms with Gasteiger partial charge in [-0.2, -0.15) is 5.10 Å². The highest BCUT2D eigenvalue weighted by Gasteiger charge is 2.15. The third-order valence-corrected chi connectivity index (χ3v) is 1.82. The van der Waals surface area contributed by atoms with Crippen LogP contribution in [-0.4, -0.2) is 49.4 Å². The van der Waals surface area contributed by atoms with Gasteiger partial charge in [0.15, 0.2) is 0 Å². The van der Waals surface area contributed by atoms with E-state index < -0.39 is 0 Å². The molecule has 1 heterocycles. The molecule has 0 aromatic carbocycles. The van der Waals surface area contributed by atoms with Crippen LogP contribution in [0.2, 0.25) is 0 Å². The molecule has 1 saturated heterocycles. The molecule has 0 atom stereocenters. The normalized spacial score (nSPS) is 25.8. The molecule has 1 fully saturated rings. The Morgan fingerprint density at radius 2 is 2.10 bits per heavy atom. The average Bonchev–Trinajstić information content (AvgIpc) is 1.94. The van der Waals surface area contributed by atoms with Crippen LogP contribution in [-0.2, 0) is 0 Å². The van der Waals surface area contributed by atoms with E-state index in [0.29, 0.717) is 0 Å². The molecule has 2 N–H and O–H groups in total. The number of piperazine rings is 1. The molecule has 0 aromatic heterocycles. The highest BCUT2D eigenvalue weighted by molar-refractivity contribution is 5.84. The zero-order chi connectivity index (χ0) is 7.56. The van der Waals surface area contributed by atoms with Gasteiger partial charge in [-0.15, -0.1) is 0 Å². The Bertz CT molecular complexity index is 143. The molecule has 0 radical (unpaired) electrons. The largest absolute Gasteiger partial charge is 0.359 e. The highest BCUT2D eigenvalue weighted by Crippen LogP contribution is 1.97. The third-order valence-electron chi connectivity index (χ3n) is 1.82. The number of nitrogens with zero attached hydrogens (tertiary/aromatic N) is 3. The molecule has 0 unspecified atom stereocenters. The van der Waals surface area contributed by atoms with Crippen LogP contribution in [0.15, 0.2) is 5.10 Å². The van der Waals surface area contributed by atoms with E-state index in [1.165, 1.54) is 0 Å². The molecule has 0 aliphatic carbocycles. The summed E-state index contributed by atoms with van der Waals surface area (Å²) in [5.74, 6) is 6.14. The van der Waals surface area contributed by atoms with Crippen molar-refractivity contribution in [2.24, 2.45) is 10.9 Å². The number of amidine groups is 1. The minimum absolute atomic E-state index is 0.868. The molecule has 1 aliphatic rings. The van der Waals surface area contributed by atoms with E-state index in [4.69, 9.17) is 5.84 Å². The summed E-state index contributed by atoms with van der Waals surface area (Å²) in [4.78, 5) is 4.28. The lowest BCUT2D eigenvalue weighted by Gasteiger charge is -2.31.